The van der Waals surface area contributed by atoms with Crippen molar-refractivity contribution >= 4 is 0 Å². The second-order valence-corrected chi connectivity index (χ2v) is 3.32. The van der Waals surface area contributed by atoms with E-state index in [1.165, 1.54) is 0 Å². The fourth-order valence-corrected chi connectivity index (χ4v) is 1.27. The largest absolute Gasteiger partial charge is 0.486 e. The third kappa shape index (κ3) is 1.64. The quantitative estimate of drug-likeness (QED) is 0.693. The summed E-state index contributed by atoms with van der Waals surface area (Å²) in [5.74, 6) is -1.98. The summed E-state index contributed by atoms with van der Waals surface area (Å²) >= 11 is 0. The van der Waals surface area contributed by atoms with Crippen molar-refractivity contribution in [3.05, 3.63) is 24.3 Å². The lowest BCUT2D eigenvalue weighted by atomic mass is 10.2. The van der Waals surface area contributed by atoms with Crippen molar-refractivity contribution in [2.75, 3.05) is 6.61 Å². The standard InChI is InChI=1S/C10H10F2O2/c1-10(11,12)9-6-13-7-4-2-3-5-8(7)14-9/h2-5,9H,6H2,1H3. The predicted octanol–water partition coefficient (Wildman–Crippen LogP) is 2.48. The minimum absolute atomic E-state index is 0.111. The van der Waals surface area contributed by atoms with Crippen molar-refractivity contribution in [2.45, 2.75) is 19.0 Å². The molecule has 0 saturated heterocycles. The third-order valence-corrected chi connectivity index (χ3v) is 2.07. The zero-order chi connectivity index (χ0) is 10.2. The Kier molecular flexibility index (Phi) is 2.06. The number of halogens is 2. The number of hydrogen-bond acceptors (Lipinski definition) is 2. The van der Waals surface area contributed by atoms with Gasteiger partial charge in [0.15, 0.2) is 17.6 Å². The minimum atomic E-state index is -2.88. The molecule has 0 fully saturated rings. The van der Waals surface area contributed by atoms with Gasteiger partial charge in [0, 0.05) is 6.92 Å². The van der Waals surface area contributed by atoms with Gasteiger partial charge in [0.2, 0.25) is 0 Å². The van der Waals surface area contributed by atoms with Crippen LogP contribution in [0, 0.1) is 0 Å². The molecule has 2 nitrogen and oxygen atoms in total. The highest BCUT2D eigenvalue weighted by atomic mass is 19.3. The highest BCUT2D eigenvalue weighted by Crippen LogP contribution is 2.34. The molecule has 4 heteroatoms. The van der Waals surface area contributed by atoms with Gasteiger partial charge in [0.1, 0.15) is 6.61 Å². The van der Waals surface area contributed by atoms with Crippen LogP contribution in [0.15, 0.2) is 24.3 Å². The predicted molar refractivity (Wildman–Crippen MR) is 47.0 cm³/mol. The first-order chi connectivity index (χ1) is 6.57. The molecule has 1 heterocycles. The minimum Gasteiger partial charge on any atom is -0.486 e. The zero-order valence-electron chi connectivity index (χ0n) is 7.67. The van der Waals surface area contributed by atoms with Crippen molar-refractivity contribution in [3.8, 4) is 11.5 Å². The molecule has 2 rings (SSSR count). The molecule has 0 N–H and O–H groups in total. The summed E-state index contributed by atoms with van der Waals surface area (Å²) in [7, 11) is 0. The average molecular weight is 200 g/mol. The first kappa shape index (κ1) is 9.24. The molecule has 1 aromatic rings. The van der Waals surface area contributed by atoms with Gasteiger partial charge in [0.05, 0.1) is 0 Å². The van der Waals surface area contributed by atoms with Crippen LogP contribution in [0.25, 0.3) is 0 Å². The van der Waals surface area contributed by atoms with E-state index in [0.717, 1.165) is 6.92 Å². The maximum absolute atomic E-state index is 12.9. The summed E-state index contributed by atoms with van der Waals surface area (Å²) in [6.07, 6.45) is -1.20. The third-order valence-electron chi connectivity index (χ3n) is 2.07. The van der Waals surface area contributed by atoms with Gasteiger partial charge in [-0.1, -0.05) is 12.1 Å². The van der Waals surface area contributed by atoms with Crippen LogP contribution in [0.1, 0.15) is 6.92 Å². The summed E-state index contributed by atoms with van der Waals surface area (Å²) in [4.78, 5) is 0. The Morgan fingerprint density at radius 3 is 2.57 bits per heavy atom. The van der Waals surface area contributed by atoms with E-state index in [1.54, 1.807) is 24.3 Å². The fourth-order valence-electron chi connectivity index (χ4n) is 1.27. The van der Waals surface area contributed by atoms with E-state index in [2.05, 4.69) is 0 Å². The number of benzene rings is 1. The zero-order valence-corrected chi connectivity index (χ0v) is 7.67. The number of fused-ring (bicyclic) bond motifs is 1. The van der Waals surface area contributed by atoms with Crippen LogP contribution in [0.2, 0.25) is 0 Å². The van der Waals surface area contributed by atoms with Crippen LogP contribution in [-0.2, 0) is 0 Å². The van der Waals surface area contributed by atoms with Gasteiger partial charge in [-0.15, -0.1) is 0 Å². The molecule has 0 aromatic heterocycles. The number of alkyl halides is 2. The first-order valence-corrected chi connectivity index (χ1v) is 4.33. The molecule has 1 aromatic carbocycles. The number of hydrogen-bond donors (Lipinski definition) is 0. The number of rotatable bonds is 1. The van der Waals surface area contributed by atoms with Crippen LogP contribution < -0.4 is 9.47 Å². The van der Waals surface area contributed by atoms with Crippen LogP contribution in [0.3, 0.4) is 0 Å². The molecule has 0 aliphatic carbocycles. The second-order valence-electron chi connectivity index (χ2n) is 3.32. The normalized spacial score (nSPS) is 20.6. The van der Waals surface area contributed by atoms with E-state index in [-0.39, 0.29) is 6.61 Å². The Balaban J connectivity index is 2.22. The van der Waals surface area contributed by atoms with Gasteiger partial charge in [-0.3, -0.25) is 0 Å². The van der Waals surface area contributed by atoms with Gasteiger partial charge in [-0.05, 0) is 12.1 Å². The summed E-state index contributed by atoms with van der Waals surface area (Å²) in [5.41, 5.74) is 0. The van der Waals surface area contributed by atoms with Crippen molar-refractivity contribution in [1.82, 2.24) is 0 Å². The van der Waals surface area contributed by atoms with Crippen LogP contribution in [-0.4, -0.2) is 18.6 Å². The smallest absolute Gasteiger partial charge is 0.284 e. The molecule has 1 aliphatic heterocycles. The molecule has 1 unspecified atom stereocenters. The Bertz CT molecular complexity index is 333. The van der Waals surface area contributed by atoms with E-state index < -0.39 is 12.0 Å². The van der Waals surface area contributed by atoms with Crippen LogP contribution >= 0.6 is 0 Å². The van der Waals surface area contributed by atoms with E-state index >= 15 is 0 Å². The molecule has 14 heavy (non-hydrogen) atoms. The van der Waals surface area contributed by atoms with Gasteiger partial charge >= 0.3 is 0 Å². The van der Waals surface area contributed by atoms with E-state index in [9.17, 15) is 8.78 Å². The number of para-hydroxylation sites is 2. The second kappa shape index (κ2) is 3.12. The molecule has 0 spiro atoms. The van der Waals surface area contributed by atoms with Gasteiger partial charge in [0.25, 0.3) is 5.92 Å². The van der Waals surface area contributed by atoms with Gasteiger partial charge in [-0.25, -0.2) is 8.78 Å². The SMILES string of the molecule is CC(F)(F)C1COc2ccccc2O1. The monoisotopic (exact) mass is 200 g/mol. The lowest BCUT2D eigenvalue weighted by Crippen LogP contribution is -2.42. The summed E-state index contributed by atoms with van der Waals surface area (Å²) in [6.45, 7) is 0.718. The Morgan fingerprint density at radius 1 is 1.29 bits per heavy atom. The summed E-state index contributed by atoms with van der Waals surface area (Å²) < 4.78 is 36.1. The summed E-state index contributed by atoms with van der Waals surface area (Å²) in [6, 6.07) is 6.80. The molecule has 1 aliphatic rings. The maximum Gasteiger partial charge on any atom is 0.284 e. The van der Waals surface area contributed by atoms with Crippen LogP contribution in [0.5, 0.6) is 11.5 Å². The fraction of sp³-hybridized carbons (Fsp3) is 0.400. The van der Waals surface area contributed by atoms with Crippen molar-refractivity contribution < 1.29 is 18.3 Å². The number of ether oxygens (including phenoxy) is 2. The summed E-state index contributed by atoms with van der Waals surface area (Å²) in [5, 5.41) is 0. The topological polar surface area (TPSA) is 18.5 Å². The highest BCUT2D eigenvalue weighted by Gasteiger charge is 2.39. The molecule has 0 radical (unpaired) electrons. The molecule has 0 saturated carbocycles. The maximum atomic E-state index is 12.9. The molecular formula is C10H10F2O2. The van der Waals surface area contributed by atoms with Gasteiger partial charge < -0.3 is 9.47 Å². The molecule has 0 bridgehead atoms. The first-order valence-electron chi connectivity index (χ1n) is 4.33. The highest BCUT2D eigenvalue weighted by molar-refractivity contribution is 5.40. The Labute approximate surface area is 80.4 Å². The molecule has 1 atom stereocenters. The molecule has 0 amide bonds. The average Bonchev–Trinajstić information content (AvgIpc) is 2.16. The Morgan fingerprint density at radius 2 is 1.93 bits per heavy atom. The van der Waals surface area contributed by atoms with E-state index in [4.69, 9.17) is 9.47 Å². The Hall–Kier alpha value is -1.32. The van der Waals surface area contributed by atoms with Crippen LogP contribution in [0.4, 0.5) is 8.78 Å². The van der Waals surface area contributed by atoms with Gasteiger partial charge in [-0.2, -0.15) is 0 Å². The van der Waals surface area contributed by atoms with E-state index in [1.807, 2.05) is 0 Å². The lowest BCUT2D eigenvalue weighted by Gasteiger charge is -2.29. The molecule has 76 valence electrons. The lowest BCUT2D eigenvalue weighted by molar-refractivity contribution is -0.105. The van der Waals surface area contributed by atoms with Crippen molar-refractivity contribution in [1.29, 1.82) is 0 Å². The van der Waals surface area contributed by atoms with Crippen molar-refractivity contribution in [2.24, 2.45) is 0 Å². The molecular weight excluding hydrogens is 190 g/mol. The van der Waals surface area contributed by atoms with E-state index in [0.29, 0.717) is 11.5 Å². The van der Waals surface area contributed by atoms with Crippen molar-refractivity contribution in [3.63, 3.8) is 0 Å².